The second-order valence-corrected chi connectivity index (χ2v) is 6.00. The van der Waals surface area contributed by atoms with Gasteiger partial charge in [0.05, 0.1) is 0 Å². The van der Waals surface area contributed by atoms with Crippen LogP contribution in [0.3, 0.4) is 0 Å². The molecule has 3 N–H and O–H groups in total. The van der Waals surface area contributed by atoms with Crippen molar-refractivity contribution < 1.29 is 5.21 Å². The first-order valence-corrected chi connectivity index (χ1v) is 6.76. The van der Waals surface area contributed by atoms with Gasteiger partial charge in [-0.2, -0.15) is 0 Å². The molecule has 0 bridgehead atoms. The molecule has 1 fully saturated rings. The zero-order valence-electron chi connectivity index (χ0n) is 12.6. The van der Waals surface area contributed by atoms with E-state index in [1.165, 1.54) is 0 Å². The molecule has 0 atom stereocenters. The van der Waals surface area contributed by atoms with E-state index in [2.05, 4.69) is 40.8 Å². The highest BCUT2D eigenvalue weighted by Crippen LogP contribution is 2.24. The summed E-state index contributed by atoms with van der Waals surface area (Å²) in [5, 5.41) is 11.9. The molecule has 1 saturated heterocycles. The molecule has 1 aromatic heterocycles. The SMILES string of the molecule is Cc1cc(/C(N)=N/O)cc(N2CCN(C)C(C)(C)C2)n1. The molecule has 0 radical (unpaired) electrons. The van der Waals surface area contributed by atoms with Crippen LogP contribution in [0.1, 0.15) is 25.1 Å². The summed E-state index contributed by atoms with van der Waals surface area (Å²) >= 11 is 0. The van der Waals surface area contributed by atoms with Crippen molar-refractivity contribution in [1.29, 1.82) is 0 Å². The number of aromatic nitrogens is 1. The number of rotatable bonds is 2. The van der Waals surface area contributed by atoms with Crippen molar-refractivity contribution in [3.8, 4) is 0 Å². The topological polar surface area (TPSA) is 78.0 Å². The number of amidine groups is 1. The number of oxime groups is 1. The minimum atomic E-state index is 0.0977. The van der Waals surface area contributed by atoms with Gasteiger partial charge in [0.1, 0.15) is 5.82 Å². The van der Waals surface area contributed by atoms with Crippen molar-refractivity contribution in [2.45, 2.75) is 26.3 Å². The van der Waals surface area contributed by atoms with Crippen LogP contribution in [-0.4, -0.2) is 53.1 Å². The van der Waals surface area contributed by atoms with Crippen LogP contribution in [0.4, 0.5) is 5.82 Å². The Kier molecular flexibility index (Phi) is 3.85. The van der Waals surface area contributed by atoms with Gasteiger partial charge < -0.3 is 15.8 Å². The molecule has 0 spiro atoms. The molecule has 6 heteroatoms. The Balaban J connectivity index is 2.31. The highest BCUT2D eigenvalue weighted by Gasteiger charge is 2.31. The molecule has 0 saturated carbocycles. The van der Waals surface area contributed by atoms with Crippen molar-refractivity contribution in [1.82, 2.24) is 9.88 Å². The maximum absolute atomic E-state index is 8.82. The fourth-order valence-electron chi connectivity index (χ4n) is 2.45. The van der Waals surface area contributed by atoms with Crippen LogP contribution >= 0.6 is 0 Å². The maximum atomic E-state index is 8.82. The molecule has 2 rings (SSSR count). The van der Waals surface area contributed by atoms with E-state index in [0.717, 1.165) is 31.1 Å². The molecule has 0 aromatic carbocycles. The number of anilines is 1. The van der Waals surface area contributed by atoms with E-state index < -0.39 is 0 Å². The van der Waals surface area contributed by atoms with E-state index in [-0.39, 0.29) is 11.4 Å². The summed E-state index contributed by atoms with van der Waals surface area (Å²) in [6.07, 6.45) is 0. The standard InChI is InChI=1S/C14H23N5O/c1-10-7-11(13(15)17-20)8-12(16-10)19-6-5-18(4)14(2,3)9-19/h7-8,20H,5-6,9H2,1-4H3,(H2,15,17). The lowest BCUT2D eigenvalue weighted by Crippen LogP contribution is -2.57. The summed E-state index contributed by atoms with van der Waals surface area (Å²) in [5.41, 5.74) is 7.34. The molecule has 0 unspecified atom stereocenters. The van der Waals surface area contributed by atoms with Gasteiger partial charge in [0.15, 0.2) is 5.84 Å². The maximum Gasteiger partial charge on any atom is 0.170 e. The number of pyridine rings is 1. The number of hydrogen-bond acceptors (Lipinski definition) is 5. The number of likely N-dealkylation sites (N-methyl/N-ethyl adjacent to an activating group) is 1. The highest BCUT2D eigenvalue weighted by atomic mass is 16.4. The Morgan fingerprint density at radius 1 is 1.40 bits per heavy atom. The van der Waals surface area contributed by atoms with Gasteiger partial charge in [-0.1, -0.05) is 5.16 Å². The smallest absolute Gasteiger partial charge is 0.170 e. The van der Waals surface area contributed by atoms with Crippen LogP contribution in [0.15, 0.2) is 17.3 Å². The minimum absolute atomic E-state index is 0.0977. The zero-order chi connectivity index (χ0) is 14.9. The van der Waals surface area contributed by atoms with Crippen LogP contribution < -0.4 is 10.6 Å². The van der Waals surface area contributed by atoms with E-state index >= 15 is 0 Å². The van der Waals surface area contributed by atoms with Gasteiger partial charge in [-0.05, 0) is 40.0 Å². The van der Waals surface area contributed by atoms with Gasteiger partial charge in [-0.3, -0.25) is 4.90 Å². The predicted molar refractivity (Wildman–Crippen MR) is 80.4 cm³/mol. The first-order chi connectivity index (χ1) is 9.33. The zero-order valence-corrected chi connectivity index (χ0v) is 12.6. The van der Waals surface area contributed by atoms with E-state index in [1.54, 1.807) is 0 Å². The van der Waals surface area contributed by atoms with Gasteiger partial charge in [0.25, 0.3) is 0 Å². The average Bonchev–Trinajstić information content (AvgIpc) is 2.40. The summed E-state index contributed by atoms with van der Waals surface area (Å²) in [6.45, 7) is 9.17. The molecule has 110 valence electrons. The Labute approximate surface area is 119 Å². The fraction of sp³-hybridized carbons (Fsp3) is 0.571. The first kappa shape index (κ1) is 14.6. The fourth-order valence-corrected chi connectivity index (χ4v) is 2.45. The van der Waals surface area contributed by atoms with E-state index in [1.807, 2.05) is 19.1 Å². The lowest BCUT2D eigenvalue weighted by molar-refractivity contribution is 0.138. The van der Waals surface area contributed by atoms with E-state index in [0.29, 0.717) is 5.56 Å². The molecule has 1 aliphatic rings. The second-order valence-electron chi connectivity index (χ2n) is 6.00. The van der Waals surface area contributed by atoms with Crippen LogP contribution in [0.25, 0.3) is 0 Å². The van der Waals surface area contributed by atoms with Gasteiger partial charge in [0, 0.05) is 36.4 Å². The first-order valence-electron chi connectivity index (χ1n) is 6.76. The monoisotopic (exact) mass is 277 g/mol. The summed E-state index contributed by atoms with van der Waals surface area (Å²) in [6, 6.07) is 3.70. The summed E-state index contributed by atoms with van der Waals surface area (Å²) in [5.74, 6) is 0.998. The lowest BCUT2D eigenvalue weighted by Gasteiger charge is -2.45. The number of hydrogen-bond donors (Lipinski definition) is 2. The average molecular weight is 277 g/mol. The van der Waals surface area contributed by atoms with Gasteiger partial charge >= 0.3 is 0 Å². The van der Waals surface area contributed by atoms with Gasteiger partial charge in [0.2, 0.25) is 0 Å². The Hall–Kier alpha value is -1.82. The largest absolute Gasteiger partial charge is 0.409 e. The van der Waals surface area contributed by atoms with Crippen molar-refractivity contribution in [2.75, 3.05) is 31.6 Å². The number of piperazine rings is 1. The quantitative estimate of drug-likeness (QED) is 0.365. The predicted octanol–water partition coefficient (Wildman–Crippen LogP) is 1.01. The van der Waals surface area contributed by atoms with Crippen molar-refractivity contribution in [3.05, 3.63) is 23.4 Å². The van der Waals surface area contributed by atoms with Gasteiger partial charge in [-0.15, -0.1) is 0 Å². The van der Waals surface area contributed by atoms with Crippen LogP contribution in [-0.2, 0) is 0 Å². The number of aryl methyl sites for hydroxylation is 1. The third-order valence-electron chi connectivity index (χ3n) is 3.98. The van der Waals surface area contributed by atoms with Crippen LogP contribution in [0, 0.1) is 6.92 Å². The van der Waals surface area contributed by atoms with Crippen molar-refractivity contribution in [2.24, 2.45) is 10.9 Å². The number of nitrogens with zero attached hydrogens (tertiary/aromatic N) is 4. The summed E-state index contributed by atoms with van der Waals surface area (Å²) in [7, 11) is 2.14. The highest BCUT2D eigenvalue weighted by molar-refractivity contribution is 5.97. The molecule has 0 aliphatic carbocycles. The molecule has 1 aliphatic heterocycles. The Morgan fingerprint density at radius 3 is 2.70 bits per heavy atom. The Morgan fingerprint density at radius 2 is 2.10 bits per heavy atom. The third kappa shape index (κ3) is 2.85. The second kappa shape index (κ2) is 5.28. The third-order valence-corrected chi connectivity index (χ3v) is 3.98. The molecule has 6 nitrogen and oxygen atoms in total. The van der Waals surface area contributed by atoms with E-state index in [9.17, 15) is 0 Å². The normalized spacial score (nSPS) is 20.2. The van der Waals surface area contributed by atoms with Gasteiger partial charge in [-0.25, -0.2) is 4.98 Å². The van der Waals surface area contributed by atoms with Crippen LogP contribution in [0.2, 0.25) is 0 Å². The summed E-state index contributed by atoms with van der Waals surface area (Å²) < 4.78 is 0. The molecule has 0 amide bonds. The molecule has 1 aromatic rings. The Bertz CT molecular complexity index is 526. The summed E-state index contributed by atoms with van der Waals surface area (Å²) in [4.78, 5) is 9.18. The van der Waals surface area contributed by atoms with E-state index in [4.69, 9.17) is 10.9 Å². The molecule has 2 heterocycles. The van der Waals surface area contributed by atoms with Crippen LogP contribution in [0.5, 0.6) is 0 Å². The molecule has 20 heavy (non-hydrogen) atoms. The molecular weight excluding hydrogens is 254 g/mol. The van der Waals surface area contributed by atoms with Crippen molar-refractivity contribution >= 4 is 11.7 Å². The lowest BCUT2D eigenvalue weighted by atomic mass is 9.99. The van der Waals surface area contributed by atoms with Crippen molar-refractivity contribution in [3.63, 3.8) is 0 Å². The number of nitrogens with two attached hydrogens (primary N) is 1. The molecular formula is C14H23N5O. The minimum Gasteiger partial charge on any atom is -0.409 e.